The van der Waals surface area contributed by atoms with E-state index in [4.69, 9.17) is 0 Å². The van der Waals surface area contributed by atoms with Gasteiger partial charge in [-0.15, -0.1) is 0 Å². The molecule has 0 saturated carbocycles. The van der Waals surface area contributed by atoms with Crippen LogP contribution in [0, 0.1) is 6.92 Å². The molecule has 0 fully saturated rings. The van der Waals surface area contributed by atoms with Crippen molar-refractivity contribution in [3.8, 4) is 39.1 Å². The highest BCUT2D eigenvalue weighted by Gasteiger charge is 2.40. The van der Waals surface area contributed by atoms with Gasteiger partial charge in [0.2, 0.25) is 0 Å². The third-order valence-electron chi connectivity index (χ3n) is 9.62. The van der Waals surface area contributed by atoms with Crippen LogP contribution in [0.4, 0.5) is 5.69 Å². The Bertz CT molecular complexity index is 2580. The summed E-state index contributed by atoms with van der Waals surface area (Å²) in [5.41, 5.74) is 11.3. The standard InChI is InChI=1S/C45H30N2O2/c1-29-19-21-31(22-20-29)34-24-26-41-38(28-34)35-15-8-9-17-39(35)46(41)42-18-10-16-36-43(42)45(49)47(44(36)48)40-25-23-33(30-11-4-2-5-12-30)27-37(40)32-13-6-3-7-14-32/h2-28H,1H3. The first-order valence-corrected chi connectivity index (χ1v) is 16.4. The van der Waals surface area contributed by atoms with Crippen molar-refractivity contribution in [2.75, 3.05) is 4.90 Å². The average molecular weight is 631 g/mol. The number of aryl methyl sites for hydroxylation is 1. The van der Waals surface area contributed by atoms with E-state index in [1.807, 2.05) is 84.9 Å². The Morgan fingerprint density at radius 2 is 1.02 bits per heavy atom. The highest BCUT2D eigenvalue weighted by atomic mass is 16.2. The quantitative estimate of drug-likeness (QED) is 0.178. The summed E-state index contributed by atoms with van der Waals surface area (Å²) in [7, 11) is 0. The van der Waals surface area contributed by atoms with Gasteiger partial charge in [-0.3, -0.25) is 9.59 Å². The van der Waals surface area contributed by atoms with Gasteiger partial charge in [0, 0.05) is 16.3 Å². The van der Waals surface area contributed by atoms with Crippen molar-refractivity contribution in [2.24, 2.45) is 0 Å². The van der Waals surface area contributed by atoms with Crippen molar-refractivity contribution < 1.29 is 9.59 Å². The molecule has 4 heteroatoms. The first-order valence-electron chi connectivity index (χ1n) is 16.4. The highest BCUT2D eigenvalue weighted by Crippen LogP contribution is 2.42. The van der Waals surface area contributed by atoms with Crippen LogP contribution in [0.1, 0.15) is 26.3 Å². The van der Waals surface area contributed by atoms with Gasteiger partial charge in [0.15, 0.2) is 0 Å². The largest absolute Gasteiger partial charge is 0.308 e. The number of benzene rings is 7. The van der Waals surface area contributed by atoms with Crippen molar-refractivity contribution in [3.63, 3.8) is 0 Å². The Balaban J connectivity index is 1.21. The van der Waals surface area contributed by atoms with Crippen molar-refractivity contribution in [2.45, 2.75) is 6.92 Å². The summed E-state index contributed by atoms with van der Waals surface area (Å²) in [5.74, 6) is -0.656. The number of imide groups is 1. The van der Waals surface area contributed by atoms with Gasteiger partial charge in [0.1, 0.15) is 0 Å². The van der Waals surface area contributed by atoms with E-state index in [9.17, 15) is 9.59 Å². The minimum atomic E-state index is -0.331. The van der Waals surface area contributed by atoms with E-state index in [1.54, 1.807) is 6.07 Å². The number of nitrogens with zero attached hydrogens (tertiary/aromatic N) is 2. The number of hydrogen-bond donors (Lipinski definition) is 0. The second kappa shape index (κ2) is 11.3. The van der Waals surface area contributed by atoms with Crippen molar-refractivity contribution in [1.29, 1.82) is 0 Å². The topological polar surface area (TPSA) is 42.3 Å². The third-order valence-corrected chi connectivity index (χ3v) is 9.62. The van der Waals surface area contributed by atoms with E-state index >= 15 is 0 Å². The number of amides is 2. The molecule has 2 amide bonds. The lowest BCUT2D eigenvalue weighted by Crippen LogP contribution is -2.30. The lowest BCUT2D eigenvalue weighted by molar-refractivity contribution is 0.0926. The van der Waals surface area contributed by atoms with E-state index in [0.29, 0.717) is 22.5 Å². The van der Waals surface area contributed by atoms with Crippen LogP contribution in [-0.2, 0) is 0 Å². The molecule has 0 aliphatic carbocycles. The van der Waals surface area contributed by atoms with Crippen LogP contribution in [0.5, 0.6) is 0 Å². The minimum absolute atomic E-state index is 0.325. The van der Waals surface area contributed by atoms with Crippen LogP contribution in [0.3, 0.4) is 0 Å². The number of hydrogen-bond acceptors (Lipinski definition) is 2. The predicted octanol–water partition coefficient (Wildman–Crippen LogP) is 10.9. The summed E-state index contributed by atoms with van der Waals surface area (Å²) < 4.78 is 2.13. The Morgan fingerprint density at radius 3 is 1.80 bits per heavy atom. The van der Waals surface area contributed by atoms with Gasteiger partial charge in [-0.25, -0.2) is 4.90 Å². The van der Waals surface area contributed by atoms with Crippen molar-refractivity contribution in [3.05, 3.63) is 180 Å². The molecule has 232 valence electrons. The molecule has 4 nitrogen and oxygen atoms in total. The summed E-state index contributed by atoms with van der Waals surface area (Å²) in [4.78, 5) is 30.4. The zero-order valence-electron chi connectivity index (χ0n) is 26.8. The Hall–Kier alpha value is -6.52. The van der Waals surface area contributed by atoms with Crippen LogP contribution in [0.15, 0.2) is 164 Å². The molecule has 0 bridgehead atoms. The Labute approximate surface area is 284 Å². The van der Waals surface area contributed by atoms with Crippen molar-refractivity contribution >= 4 is 39.3 Å². The van der Waals surface area contributed by atoms with E-state index in [0.717, 1.165) is 55.2 Å². The molecule has 1 aromatic heterocycles. The molecule has 0 spiro atoms. The van der Waals surface area contributed by atoms with E-state index in [1.165, 1.54) is 10.5 Å². The van der Waals surface area contributed by atoms with Gasteiger partial charge in [-0.05, 0) is 77.2 Å². The zero-order valence-corrected chi connectivity index (χ0v) is 26.8. The maximum Gasteiger partial charge on any atom is 0.268 e. The fourth-order valence-electron chi connectivity index (χ4n) is 7.22. The average Bonchev–Trinajstić information content (AvgIpc) is 3.62. The van der Waals surface area contributed by atoms with Crippen molar-refractivity contribution in [1.82, 2.24) is 4.57 Å². The fourth-order valence-corrected chi connectivity index (χ4v) is 7.22. The van der Waals surface area contributed by atoms with Gasteiger partial charge in [0.05, 0.1) is 33.5 Å². The molecule has 1 aliphatic heterocycles. The van der Waals surface area contributed by atoms with Crippen LogP contribution in [0.2, 0.25) is 0 Å². The molecule has 0 N–H and O–H groups in total. The molecule has 0 saturated heterocycles. The molecular weight excluding hydrogens is 601 g/mol. The second-order valence-corrected chi connectivity index (χ2v) is 12.6. The van der Waals surface area contributed by atoms with E-state index in [2.05, 4.69) is 84.3 Å². The summed E-state index contributed by atoms with van der Waals surface area (Å²) >= 11 is 0. The SMILES string of the molecule is Cc1ccc(-c2ccc3c(c2)c2ccccc2n3-c2cccc3c2C(=O)N(c2ccc(-c4ccccc4)cc2-c2ccccc2)C3=O)cc1. The molecule has 9 rings (SSSR count). The number of para-hydroxylation sites is 1. The van der Waals surface area contributed by atoms with Gasteiger partial charge < -0.3 is 4.57 Å². The first kappa shape index (κ1) is 28.7. The molecule has 0 atom stereocenters. The molecular formula is C45H30N2O2. The van der Waals surface area contributed by atoms with Gasteiger partial charge in [-0.1, -0.05) is 127 Å². The maximum atomic E-state index is 14.7. The van der Waals surface area contributed by atoms with Gasteiger partial charge >= 0.3 is 0 Å². The molecule has 49 heavy (non-hydrogen) atoms. The number of rotatable bonds is 5. The van der Waals surface area contributed by atoms with E-state index < -0.39 is 0 Å². The predicted molar refractivity (Wildman–Crippen MR) is 199 cm³/mol. The second-order valence-electron chi connectivity index (χ2n) is 12.6. The summed E-state index contributed by atoms with van der Waals surface area (Å²) in [6, 6.07) is 54.9. The Kier molecular flexibility index (Phi) is 6.63. The number of anilines is 1. The number of aromatic nitrogens is 1. The first-order chi connectivity index (χ1) is 24.1. The fraction of sp³-hybridized carbons (Fsp3) is 0.0222. The molecule has 2 heterocycles. The lowest BCUT2D eigenvalue weighted by Gasteiger charge is -2.20. The lowest BCUT2D eigenvalue weighted by atomic mass is 9.97. The molecule has 0 unspecified atom stereocenters. The maximum absolute atomic E-state index is 14.7. The van der Waals surface area contributed by atoms with Crippen LogP contribution >= 0.6 is 0 Å². The summed E-state index contributed by atoms with van der Waals surface area (Å²) in [6.07, 6.45) is 0. The normalized spacial score (nSPS) is 12.6. The van der Waals surface area contributed by atoms with Crippen LogP contribution in [-0.4, -0.2) is 16.4 Å². The number of fused-ring (bicyclic) bond motifs is 4. The molecule has 7 aromatic carbocycles. The zero-order chi connectivity index (χ0) is 33.1. The molecule has 8 aromatic rings. The van der Waals surface area contributed by atoms with Gasteiger partial charge in [-0.2, -0.15) is 0 Å². The third kappa shape index (κ3) is 4.61. The number of carbonyl (C=O) groups is 2. The minimum Gasteiger partial charge on any atom is -0.308 e. The smallest absolute Gasteiger partial charge is 0.268 e. The Morgan fingerprint density at radius 1 is 0.408 bits per heavy atom. The summed E-state index contributed by atoms with van der Waals surface area (Å²) in [6.45, 7) is 2.09. The van der Waals surface area contributed by atoms with Crippen LogP contribution in [0.25, 0.3) is 60.9 Å². The highest BCUT2D eigenvalue weighted by molar-refractivity contribution is 6.36. The van der Waals surface area contributed by atoms with E-state index in [-0.39, 0.29) is 11.8 Å². The number of carbonyl (C=O) groups excluding carboxylic acids is 2. The molecule has 0 radical (unpaired) electrons. The van der Waals surface area contributed by atoms with Gasteiger partial charge in [0.25, 0.3) is 11.8 Å². The summed E-state index contributed by atoms with van der Waals surface area (Å²) in [5, 5.41) is 2.17. The molecule has 1 aliphatic rings. The monoisotopic (exact) mass is 630 g/mol. The van der Waals surface area contributed by atoms with Crippen LogP contribution < -0.4 is 4.90 Å².